The molecule has 166 valence electrons. The summed E-state index contributed by atoms with van der Waals surface area (Å²) >= 11 is 0. The Kier molecular flexibility index (Phi) is 8.44. The molecule has 0 spiro atoms. The molecule has 1 heterocycles. The Bertz CT molecular complexity index is 835. The Morgan fingerprint density at radius 1 is 1.03 bits per heavy atom. The molecule has 1 aliphatic heterocycles. The minimum atomic E-state index is -0.878. The molecule has 0 aliphatic carbocycles. The molecule has 1 saturated heterocycles. The third-order valence-electron chi connectivity index (χ3n) is 5.67. The number of nitrogens with zero attached hydrogens (tertiary/aromatic N) is 1. The summed E-state index contributed by atoms with van der Waals surface area (Å²) in [5, 5.41) is 9.39. The maximum atomic E-state index is 13.5. The van der Waals surface area contributed by atoms with Gasteiger partial charge in [0.25, 0.3) is 0 Å². The van der Waals surface area contributed by atoms with Gasteiger partial charge in [0, 0.05) is 13.1 Å². The van der Waals surface area contributed by atoms with Gasteiger partial charge in [0.15, 0.2) is 0 Å². The number of nitrogens with one attached hydrogen (secondary N) is 1. The van der Waals surface area contributed by atoms with Gasteiger partial charge in [0.1, 0.15) is 5.75 Å². The van der Waals surface area contributed by atoms with E-state index in [2.05, 4.69) is 0 Å². The Labute approximate surface area is 182 Å². The first-order valence-corrected chi connectivity index (χ1v) is 10.6. The smallest absolute Gasteiger partial charge is 0.249 e. The van der Waals surface area contributed by atoms with Gasteiger partial charge in [-0.3, -0.25) is 14.8 Å². The second-order valence-corrected chi connectivity index (χ2v) is 7.72. The van der Waals surface area contributed by atoms with Crippen LogP contribution in [0, 0.1) is 5.92 Å². The van der Waals surface area contributed by atoms with Crippen molar-refractivity contribution in [2.75, 3.05) is 26.8 Å². The Morgan fingerprint density at radius 2 is 1.71 bits per heavy atom. The quantitative estimate of drug-likeness (QED) is 0.475. The molecule has 0 radical (unpaired) electrons. The van der Waals surface area contributed by atoms with Crippen molar-refractivity contribution < 1.29 is 24.3 Å². The van der Waals surface area contributed by atoms with Crippen molar-refractivity contribution in [3.8, 4) is 5.75 Å². The van der Waals surface area contributed by atoms with Gasteiger partial charge in [-0.25, -0.2) is 5.48 Å². The molecule has 0 saturated carbocycles. The molecular weight excluding hydrogens is 396 g/mol. The highest BCUT2D eigenvalue weighted by atomic mass is 16.5. The minimum Gasteiger partial charge on any atom is -0.497 e. The summed E-state index contributed by atoms with van der Waals surface area (Å²) in [5.41, 5.74) is 3.38. The standard InChI is InChI=1S/C24H30N2O5/c1-30-20-12-10-19(11-13-20)22(24(28)26-14-6-3-7-15-26)21(23(27)25-29)17-31-16-18-8-4-2-5-9-18/h2,4-5,8-13,21-22,29H,3,6-7,14-17H2,1H3,(H,25,27). The highest BCUT2D eigenvalue weighted by Gasteiger charge is 2.38. The second kappa shape index (κ2) is 11.5. The number of amides is 2. The van der Waals surface area contributed by atoms with Crippen LogP contribution >= 0.6 is 0 Å². The fourth-order valence-corrected chi connectivity index (χ4v) is 3.95. The summed E-state index contributed by atoms with van der Waals surface area (Å²) < 4.78 is 11.1. The number of likely N-dealkylation sites (tertiary alicyclic amines) is 1. The van der Waals surface area contributed by atoms with Crippen LogP contribution in [-0.4, -0.2) is 48.7 Å². The van der Waals surface area contributed by atoms with Crippen molar-refractivity contribution in [3.05, 3.63) is 65.7 Å². The largest absolute Gasteiger partial charge is 0.497 e. The van der Waals surface area contributed by atoms with Crippen LogP contribution < -0.4 is 10.2 Å². The molecule has 0 aromatic heterocycles. The fraction of sp³-hybridized carbons (Fsp3) is 0.417. The van der Waals surface area contributed by atoms with Gasteiger partial charge in [-0.15, -0.1) is 0 Å². The zero-order valence-electron chi connectivity index (χ0n) is 17.8. The molecule has 2 N–H and O–H groups in total. The number of hydrogen-bond donors (Lipinski definition) is 2. The zero-order valence-corrected chi connectivity index (χ0v) is 17.8. The van der Waals surface area contributed by atoms with Gasteiger partial charge in [0.2, 0.25) is 11.8 Å². The molecule has 2 aromatic carbocycles. The Balaban J connectivity index is 1.85. The predicted molar refractivity (Wildman–Crippen MR) is 116 cm³/mol. The Morgan fingerprint density at radius 3 is 2.32 bits per heavy atom. The lowest BCUT2D eigenvalue weighted by Gasteiger charge is -2.33. The molecule has 7 nitrogen and oxygen atoms in total. The van der Waals surface area contributed by atoms with E-state index in [1.54, 1.807) is 36.9 Å². The van der Waals surface area contributed by atoms with E-state index >= 15 is 0 Å². The molecule has 2 aromatic rings. The van der Waals surface area contributed by atoms with Crippen LogP contribution in [0.5, 0.6) is 5.75 Å². The molecule has 3 rings (SSSR count). The van der Waals surface area contributed by atoms with E-state index in [4.69, 9.17) is 9.47 Å². The lowest BCUT2D eigenvalue weighted by molar-refractivity contribution is -0.144. The lowest BCUT2D eigenvalue weighted by atomic mass is 9.84. The minimum absolute atomic E-state index is 0.00242. The zero-order chi connectivity index (χ0) is 22.1. The van der Waals surface area contributed by atoms with Crippen molar-refractivity contribution in [2.45, 2.75) is 31.8 Å². The molecule has 31 heavy (non-hydrogen) atoms. The molecule has 2 atom stereocenters. The van der Waals surface area contributed by atoms with E-state index in [0.29, 0.717) is 31.0 Å². The van der Waals surface area contributed by atoms with Crippen LogP contribution in [0.2, 0.25) is 0 Å². The number of hydrogen-bond acceptors (Lipinski definition) is 5. The van der Waals surface area contributed by atoms with Crippen LogP contribution in [-0.2, 0) is 20.9 Å². The van der Waals surface area contributed by atoms with Gasteiger partial charge in [0.05, 0.1) is 32.2 Å². The predicted octanol–water partition coefficient (Wildman–Crippen LogP) is 3.13. The van der Waals surface area contributed by atoms with E-state index < -0.39 is 17.7 Å². The molecule has 1 fully saturated rings. The van der Waals surface area contributed by atoms with Crippen LogP contribution in [0.25, 0.3) is 0 Å². The topological polar surface area (TPSA) is 88.1 Å². The first kappa shape index (κ1) is 22.8. The summed E-state index contributed by atoms with van der Waals surface area (Å²) in [6.07, 6.45) is 2.99. The average molecular weight is 427 g/mol. The number of hydroxylamine groups is 1. The van der Waals surface area contributed by atoms with E-state index in [0.717, 1.165) is 24.8 Å². The summed E-state index contributed by atoms with van der Waals surface area (Å²) in [7, 11) is 1.57. The lowest BCUT2D eigenvalue weighted by Crippen LogP contribution is -2.45. The average Bonchev–Trinajstić information content (AvgIpc) is 2.84. The van der Waals surface area contributed by atoms with Crippen molar-refractivity contribution >= 4 is 11.8 Å². The molecule has 2 unspecified atom stereocenters. The first-order valence-electron chi connectivity index (χ1n) is 10.6. The van der Waals surface area contributed by atoms with Gasteiger partial charge >= 0.3 is 0 Å². The van der Waals surface area contributed by atoms with Crippen LogP contribution in [0.1, 0.15) is 36.3 Å². The van der Waals surface area contributed by atoms with E-state index in [1.165, 1.54) is 0 Å². The maximum Gasteiger partial charge on any atom is 0.249 e. The number of benzene rings is 2. The van der Waals surface area contributed by atoms with Gasteiger partial charge in [-0.2, -0.15) is 0 Å². The number of rotatable bonds is 9. The number of piperidine rings is 1. The second-order valence-electron chi connectivity index (χ2n) is 7.72. The van der Waals surface area contributed by atoms with Crippen LogP contribution in [0.4, 0.5) is 0 Å². The van der Waals surface area contributed by atoms with Crippen molar-refractivity contribution in [2.24, 2.45) is 5.92 Å². The molecular formula is C24H30N2O5. The monoisotopic (exact) mass is 426 g/mol. The number of carbonyl (C=O) groups excluding carboxylic acids is 2. The van der Waals surface area contributed by atoms with Crippen molar-refractivity contribution in [1.82, 2.24) is 10.4 Å². The molecule has 1 aliphatic rings. The van der Waals surface area contributed by atoms with Crippen LogP contribution in [0.3, 0.4) is 0 Å². The Hall–Kier alpha value is -2.90. The molecule has 7 heteroatoms. The van der Waals surface area contributed by atoms with E-state index in [-0.39, 0.29) is 12.5 Å². The number of methoxy groups -OCH3 is 1. The van der Waals surface area contributed by atoms with E-state index in [1.807, 2.05) is 35.2 Å². The normalized spacial score (nSPS) is 15.7. The molecule has 2 amide bonds. The fourth-order valence-electron chi connectivity index (χ4n) is 3.95. The van der Waals surface area contributed by atoms with Gasteiger partial charge < -0.3 is 14.4 Å². The summed E-state index contributed by atoms with van der Waals surface area (Å²) in [5.74, 6) is -1.75. The summed E-state index contributed by atoms with van der Waals surface area (Å²) in [6.45, 7) is 1.65. The first-order chi connectivity index (χ1) is 15.1. The SMILES string of the molecule is COc1ccc(C(C(=O)N2CCCCC2)C(COCc2ccccc2)C(=O)NO)cc1. The third kappa shape index (κ3) is 6.06. The van der Waals surface area contributed by atoms with E-state index in [9.17, 15) is 14.8 Å². The number of carbonyl (C=O) groups is 2. The maximum absolute atomic E-state index is 13.5. The third-order valence-corrected chi connectivity index (χ3v) is 5.67. The van der Waals surface area contributed by atoms with Crippen molar-refractivity contribution in [3.63, 3.8) is 0 Å². The summed E-state index contributed by atoms with van der Waals surface area (Å²) in [6, 6.07) is 16.7. The molecule has 0 bridgehead atoms. The highest BCUT2D eigenvalue weighted by molar-refractivity contribution is 5.91. The van der Waals surface area contributed by atoms with Crippen LogP contribution in [0.15, 0.2) is 54.6 Å². The van der Waals surface area contributed by atoms with Gasteiger partial charge in [-0.1, -0.05) is 42.5 Å². The summed E-state index contributed by atoms with van der Waals surface area (Å²) in [4.78, 5) is 28.0. The van der Waals surface area contributed by atoms with Crippen molar-refractivity contribution in [1.29, 1.82) is 0 Å². The highest BCUT2D eigenvalue weighted by Crippen LogP contribution is 2.31. The van der Waals surface area contributed by atoms with Gasteiger partial charge in [-0.05, 0) is 42.5 Å². The number of ether oxygens (including phenoxy) is 2.